The molecule has 0 atom stereocenters. The number of nitrogens with one attached hydrogen (secondary N) is 2. The molecule has 4 nitrogen and oxygen atoms in total. The van der Waals surface area contributed by atoms with Gasteiger partial charge in [-0.3, -0.25) is 9.59 Å². The largest absolute Gasteiger partial charge is 0.327 e. The lowest BCUT2D eigenvalue weighted by Gasteiger charge is -2.06. The van der Waals surface area contributed by atoms with Crippen LogP contribution >= 0.6 is 0 Å². The van der Waals surface area contributed by atoms with E-state index in [9.17, 15) is 9.59 Å². The first-order chi connectivity index (χ1) is 8.16. The zero-order chi connectivity index (χ0) is 12.3. The smallest absolute Gasteiger partial charge is 0.255 e. The molecular formula is C13H12N2O2. The fraction of sp³-hybridized carbons (Fsp3) is 0.0769. The molecule has 2 aromatic rings. The second kappa shape index (κ2) is 4.65. The average molecular weight is 228 g/mol. The van der Waals surface area contributed by atoms with Crippen molar-refractivity contribution in [1.29, 1.82) is 0 Å². The van der Waals surface area contributed by atoms with Gasteiger partial charge in [0.25, 0.3) is 5.91 Å². The van der Waals surface area contributed by atoms with Crippen LogP contribution in [0.2, 0.25) is 0 Å². The highest BCUT2D eigenvalue weighted by atomic mass is 16.1. The van der Waals surface area contributed by atoms with Crippen LogP contribution in [-0.2, 0) is 0 Å². The normalized spacial score (nSPS) is 9.94. The quantitative estimate of drug-likeness (QED) is 0.825. The monoisotopic (exact) mass is 228 g/mol. The summed E-state index contributed by atoms with van der Waals surface area (Å²) in [5.41, 5.74) is 1.91. The van der Waals surface area contributed by atoms with E-state index in [1.807, 2.05) is 25.1 Å². The van der Waals surface area contributed by atoms with Crippen LogP contribution in [-0.4, -0.2) is 10.9 Å². The van der Waals surface area contributed by atoms with Gasteiger partial charge in [0.05, 0.1) is 5.69 Å². The Balaban J connectivity index is 2.20. The first-order valence-electron chi connectivity index (χ1n) is 5.22. The number of benzene rings is 1. The first-order valence-corrected chi connectivity index (χ1v) is 5.22. The van der Waals surface area contributed by atoms with E-state index in [0.29, 0.717) is 11.3 Å². The molecule has 0 aliphatic carbocycles. The van der Waals surface area contributed by atoms with Crippen molar-refractivity contribution in [2.45, 2.75) is 6.92 Å². The fourth-order valence-corrected chi connectivity index (χ4v) is 1.51. The summed E-state index contributed by atoms with van der Waals surface area (Å²) in [7, 11) is 0. The molecule has 0 bridgehead atoms. The average Bonchev–Trinajstić information content (AvgIpc) is 2.32. The van der Waals surface area contributed by atoms with Gasteiger partial charge >= 0.3 is 0 Å². The molecule has 0 aliphatic rings. The van der Waals surface area contributed by atoms with Crippen LogP contribution in [0.1, 0.15) is 15.9 Å². The van der Waals surface area contributed by atoms with E-state index in [1.54, 1.807) is 12.1 Å². The van der Waals surface area contributed by atoms with Crippen LogP contribution in [0.25, 0.3) is 0 Å². The highest BCUT2D eigenvalue weighted by Crippen LogP contribution is 2.10. The molecule has 0 saturated carbocycles. The van der Waals surface area contributed by atoms with Crippen molar-refractivity contribution in [2.24, 2.45) is 0 Å². The Morgan fingerprint density at radius 1 is 1.18 bits per heavy atom. The summed E-state index contributed by atoms with van der Waals surface area (Å²) in [6, 6.07) is 10.3. The summed E-state index contributed by atoms with van der Waals surface area (Å²) < 4.78 is 0. The topological polar surface area (TPSA) is 62.0 Å². The van der Waals surface area contributed by atoms with E-state index in [2.05, 4.69) is 10.3 Å². The van der Waals surface area contributed by atoms with Gasteiger partial charge in [0.1, 0.15) is 0 Å². The predicted molar refractivity (Wildman–Crippen MR) is 66.2 cm³/mol. The van der Waals surface area contributed by atoms with Crippen molar-refractivity contribution in [3.8, 4) is 0 Å². The van der Waals surface area contributed by atoms with Gasteiger partial charge < -0.3 is 10.3 Å². The molecule has 2 N–H and O–H groups in total. The van der Waals surface area contributed by atoms with Crippen molar-refractivity contribution >= 4 is 11.6 Å². The summed E-state index contributed by atoms with van der Waals surface area (Å²) in [5, 5.41) is 2.72. The summed E-state index contributed by atoms with van der Waals surface area (Å²) in [4.78, 5) is 25.3. The van der Waals surface area contributed by atoms with Crippen LogP contribution in [0.3, 0.4) is 0 Å². The molecule has 1 aromatic carbocycles. The van der Waals surface area contributed by atoms with E-state index in [4.69, 9.17) is 0 Å². The van der Waals surface area contributed by atoms with Crippen molar-refractivity contribution in [3.63, 3.8) is 0 Å². The number of hydrogen-bond donors (Lipinski definition) is 2. The Morgan fingerprint density at radius 3 is 2.59 bits per heavy atom. The Kier molecular flexibility index (Phi) is 3.05. The minimum Gasteiger partial charge on any atom is -0.327 e. The van der Waals surface area contributed by atoms with Crippen LogP contribution in [0.4, 0.5) is 5.69 Å². The highest BCUT2D eigenvalue weighted by molar-refractivity contribution is 6.05. The number of carbonyl (C=O) groups excluding carboxylic acids is 1. The Bertz CT molecular complexity index is 582. The zero-order valence-electron chi connectivity index (χ0n) is 9.36. The number of rotatable bonds is 2. The minimum atomic E-state index is -0.195. The van der Waals surface area contributed by atoms with Crippen LogP contribution in [0.5, 0.6) is 0 Å². The van der Waals surface area contributed by atoms with Gasteiger partial charge in [-0.25, -0.2) is 0 Å². The molecule has 1 heterocycles. The van der Waals surface area contributed by atoms with Gasteiger partial charge in [0, 0.05) is 17.8 Å². The first kappa shape index (κ1) is 11.1. The number of amides is 1. The SMILES string of the molecule is Cc1ccccc1C(=O)Nc1ccc(=O)[nH]c1. The van der Waals surface area contributed by atoms with Gasteiger partial charge in [-0.05, 0) is 24.6 Å². The zero-order valence-corrected chi connectivity index (χ0v) is 9.36. The van der Waals surface area contributed by atoms with E-state index < -0.39 is 0 Å². The second-order valence-electron chi connectivity index (χ2n) is 3.71. The molecule has 2 rings (SSSR count). The van der Waals surface area contributed by atoms with Gasteiger partial charge in [-0.2, -0.15) is 0 Å². The van der Waals surface area contributed by atoms with E-state index in [-0.39, 0.29) is 11.5 Å². The number of H-pyrrole nitrogens is 1. The Labute approximate surface area is 98.3 Å². The van der Waals surface area contributed by atoms with E-state index in [1.165, 1.54) is 12.3 Å². The third kappa shape index (κ3) is 2.60. The number of aromatic amines is 1. The van der Waals surface area contributed by atoms with Crippen molar-refractivity contribution in [1.82, 2.24) is 4.98 Å². The second-order valence-corrected chi connectivity index (χ2v) is 3.71. The molecule has 1 aromatic heterocycles. The van der Waals surface area contributed by atoms with E-state index >= 15 is 0 Å². The van der Waals surface area contributed by atoms with Gasteiger partial charge in [0.2, 0.25) is 5.56 Å². The number of pyridine rings is 1. The molecule has 0 saturated heterocycles. The lowest BCUT2D eigenvalue weighted by Crippen LogP contribution is -2.14. The Morgan fingerprint density at radius 2 is 1.94 bits per heavy atom. The number of hydrogen-bond acceptors (Lipinski definition) is 2. The summed E-state index contributed by atoms with van der Waals surface area (Å²) in [6.45, 7) is 1.88. The third-order valence-corrected chi connectivity index (χ3v) is 2.43. The summed E-state index contributed by atoms with van der Waals surface area (Å²) in [5.74, 6) is -0.185. The predicted octanol–water partition coefficient (Wildman–Crippen LogP) is 1.94. The maximum Gasteiger partial charge on any atom is 0.255 e. The van der Waals surface area contributed by atoms with Gasteiger partial charge in [-0.1, -0.05) is 18.2 Å². The standard InChI is InChI=1S/C13H12N2O2/c1-9-4-2-3-5-11(9)13(17)15-10-6-7-12(16)14-8-10/h2-8H,1H3,(H,14,16)(H,15,17). The fourth-order valence-electron chi connectivity index (χ4n) is 1.51. The number of aromatic nitrogens is 1. The van der Waals surface area contributed by atoms with Gasteiger partial charge in [0.15, 0.2) is 0 Å². The summed E-state index contributed by atoms with van der Waals surface area (Å²) in [6.07, 6.45) is 1.47. The maximum absolute atomic E-state index is 11.9. The maximum atomic E-state index is 11.9. The van der Waals surface area contributed by atoms with Crippen LogP contribution in [0, 0.1) is 6.92 Å². The van der Waals surface area contributed by atoms with Crippen LogP contribution < -0.4 is 10.9 Å². The molecule has 0 spiro atoms. The van der Waals surface area contributed by atoms with Crippen molar-refractivity contribution in [2.75, 3.05) is 5.32 Å². The van der Waals surface area contributed by atoms with Crippen LogP contribution in [0.15, 0.2) is 47.4 Å². The molecule has 4 heteroatoms. The van der Waals surface area contributed by atoms with Gasteiger partial charge in [-0.15, -0.1) is 0 Å². The molecule has 0 unspecified atom stereocenters. The lowest BCUT2D eigenvalue weighted by atomic mass is 10.1. The molecular weight excluding hydrogens is 216 g/mol. The molecule has 86 valence electrons. The lowest BCUT2D eigenvalue weighted by molar-refractivity contribution is 0.102. The number of aryl methyl sites for hydroxylation is 1. The molecule has 17 heavy (non-hydrogen) atoms. The third-order valence-electron chi connectivity index (χ3n) is 2.43. The molecule has 1 amide bonds. The highest BCUT2D eigenvalue weighted by Gasteiger charge is 2.07. The van der Waals surface area contributed by atoms with E-state index in [0.717, 1.165) is 5.56 Å². The number of carbonyl (C=O) groups is 1. The molecule has 0 aliphatic heterocycles. The molecule has 0 fully saturated rings. The Hall–Kier alpha value is -2.36. The molecule has 0 radical (unpaired) electrons. The van der Waals surface area contributed by atoms with Crippen molar-refractivity contribution in [3.05, 3.63) is 64.1 Å². The minimum absolute atomic E-state index is 0.185. The van der Waals surface area contributed by atoms with Crippen molar-refractivity contribution < 1.29 is 4.79 Å². The number of anilines is 1. The summed E-state index contributed by atoms with van der Waals surface area (Å²) >= 11 is 0.